The molecule has 1 fully saturated rings. The van der Waals surface area contributed by atoms with Crippen molar-refractivity contribution in [2.24, 2.45) is 10.5 Å². The topological polar surface area (TPSA) is 37.3 Å². The van der Waals surface area contributed by atoms with Crippen LogP contribution in [0.15, 0.2) is 46.4 Å². The van der Waals surface area contributed by atoms with E-state index in [1.165, 1.54) is 11.0 Å². The Morgan fingerprint density at radius 3 is 2.56 bits per heavy atom. The lowest BCUT2D eigenvalue weighted by Crippen LogP contribution is -2.40. The molecule has 1 saturated heterocycles. The molecule has 0 bridgehead atoms. The van der Waals surface area contributed by atoms with Crippen LogP contribution < -0.4 is 4.78 Å². The van der Waals surface area contributed by atoms with E-state index >= 15 is 0 Å². The molecule has 7 heteroatoms. The molecule has 1 atom stereocenters. The minimum Gasteiger partial charge on any atom is -0.378 e. The first-order valence-electron chi connectivity index (χ1n) is 9.69. The fraction of sp³-hybridized carbons (Fsp3) is 0.550. The minimum absolute atomic E-state index is 0.162. The van der Waals surface area contributed by atoms with Crippen LogP contribution in [0, 0.1) is 5.41 Å². The van der Waals surface area contributed by atoms with Crippen LogP contribution in [0.4, 0.5) is 5.69 Å². The van der Waals surface area contributed by atoms with Crippen molar-refractivity contribution >= 4 is 29.6 Å². The van der Waals surface area contributed by atoms with Gasteiger partial charge in [-0.05, 0) is 49.1 Å². The van der Waals surface area contributed by atoms with E-state index in [4.69, 9.17) is 26.2 Å². The Kier molecular flexibility index (Phi) is 5.19. The zero-order valence-corrected chi connectivity index (χ0v) is 18.1. The molecule has 146 valence electrons. The highest BCUT2D eigenvalue weighted by Gasteiger charge is 2.48. The summed E-state index contributed by atoms with van der Waals surface area (Å²) in [7, 11) is 0. The van der Waals surface area contributed by atoms with Gasteiger partial charge < -0.3 is 14.2 Å². The van der Waals surface area contributed by atoms with Crippen LogP contribution in [0.2, 0.25) is 0 Å². The molecule has 2 aliphatic heterocycles. The Labute approximate surface area is 167 Å². The van der Waals surface area contributed by atoms with Gasteiger partial charge in [-0.3, -0.25) is 0 Å². The second-order valence-corrected chi connectivity index (χ2v) is 11.6. The van der Waals surface area contributed by atoms with Gasteiger partial charge in [-0.1, -0.05) is 32.0 Å². The molecule has 0 radical (unpaired) electrons. The first kappa shape index (κ1) is 19.1. The Morgan fingerprint density at radius 1 is 1.19 bits per heavy atom. The van der Waals surface area contributed by atoms with Crippen molar-refractivity contribution in [3.8, 4) is 0 Å². The van der Waals surface area contributed by atoms with Crippen molar-refractivity contribution in [1.82, 2.24) is 4.90 Å². The van der Waals surface area contributed by atoms with E-state index in [0.29, 0.717) is 6.61 Å². The molecular formula is C20H28N3O2PS. The lowest BCUT2D eigenvalue weighted by atomic mass is 9.78. The summed E-state index contributed by atoms with van der Waals surface area (Å²) in [6.45, 7) is 10.6. The molecule has 1 aromatic rings. The second kappa shape index (κ2) is 7.32. The summed E-state index contributed by atoms with van der Waals surface area (Å²) in [6, 6.07) is 10.2. The molecule has 0 N–H and O–H groups in total. The lowest BCUT2D eigenvalue weighted by Gasteiger charge is -2.41. The molecule has 0 amide bonds. The van der Waals surface area contributed by atoms with Crippen LogP contribution in [0.25, 0.3) is 0 Å². The number of morpholine rings is 1. The summed E-state index contributed by atoms with van der Waals surface area (Å²) in [5.74, 6) is 0. The zero-order chi connectivity index (χ0) is 19.1. The van der Waals surface area contributed by atoms with Crippen molar-refractivity contribution in [3.05, 3.63) is 41.3 Å². The van der Waals surface area contributed by atoms with E-state index in [1.54, 1.807) is 0 Å². The molecule has 2 heterocycles. The average molecular weight is 406 g/mol. The minimum atomic E-state index is -2.45. The van der Waals surface area contributed by atoms with Gasteiger partial charge in [-0.15, -0.1) is 0 Å². The Morgan fingerprint density at radius 2 is 1.89 bits per heavy atom. The molecular weight excluding hydrogens is 377 g/mol. The average Bonchev–Trinajstić information content (AvgIpc) is 2.94. The fourth-order valence-corrected chi connectivity index (χ4v) is 7.92. The highest BCUT2D eigenvalue weighted by Crippen LogP contribution is 2.67. The number of allylic oxidation sites excluding steroid dienone is 2. The highest BCUT2D eigenvalue weighted by molar-refractivity contribution is 8.15. The van der Waals surface area contributed by atoms with Gasteiger partial charge in [0.25, 0.3) is 0 Å². The van der Waals surface area contributed by atoms with Crippen molar-refractivity contribution in [3.63, 3.8) is 0 Å². The predicted molar refractivity (Wildman–Crippen MR) is 115 cm³/mol. The number of hydrogen-bond donors (Lipinski definition) is 0. The second-order valence-electron chi connectivity index (χ2n) is 8.02. The van der Waals surface area contributed by atoms with Crippen LogP contribution in [-0.2, 0) is 21.1 Å². The Bertz CT molecular complexity index is 816. The number of rotatable bonds is 4. The number of benzene rings is 1. The van der Waals surface area contributed by atoms with Gasteiger partial charge in [0.2, 0.25) is 6.42 Å². The van der Waals surface area contributed by atoms with E-state index in [1.807, 2.05) is 29.9 Å². The van der Waals surface area contributed by atoms with E-state index in [2.05, 4.69) is 30.9 Å². The fourth-order valence-electron chi connectivity index (χ4n) is 4.14. The first-order valence-corrected chi connectivity index (χ1v) is 12.4. The Hall–Kier alpha value is -1.20. The van der Waals surface area contributed by atoms with Crippen LogP contribution in [0.1, 0.15) is 33.6 Å². The molecule has 1 aliphatic carbocycles. The zero-order valence-electron chi connectivity index (χ0n) is 16.4. The highest BCUT2D eigenvalue weighted by atomic mass is 32.4. The van der Waals surface area contributed by atoms with Crippen LogP contribution in [0.5, 0.6) is 0 Å². The number of nitrogens with zero attached hydrogens (tertiary/aromatic N) is 3. The van der Waals surface area contributed by atoms with Gasteiger partial charge in [-0.2, -0.15) is 5.10 Å². The molecule has 3 aliphatic rings. The van der Waals surface area contributed by atoms with Crippen molar-refractivity contribution in [2.75, 3.05) is 37.7 Å². The van der Waals surface area contributed by atoms with Gasteiger partial charge in [-0.25, -0.2) is 4.78 Å². The number of para-hydroxylation sites is 1. The van der Waals surface area contributed by atoms with E-state index in [-0.39, 0.29) is 5.41 Å². The first-order chi connectivity index (χ1) is 12.9. The molecule has 0 saturated carbocycles. The van der Waals surface area contributed by atoms with Crippen molar-refractivity contribution in [2.45, 2.75) is 33.6 Å². The smallest absolute Gasteiger partial charge is 0.209 e. The SMILES string of the molecule is CCOP1(=S)C2=C(N3CCOCC3)CC(C)(C)CC2=NN1c1ccccc1. The molecule has 0 spiro atoms. The van der Waals surface area contributed by atoms with E-state index in [0.717, 1.165) is 50.5 Å². The summed E-state index contributed by atoms with van der Waals surface area (Å²) in [4.78, 5) is 2.46. The molecule has 1 unspecified atom stereocenters. The van der Waals surface area contributed by atoms with Crippen LogP contribution >= 0.6 is 6.42 Å². The van der Waals surface area contributed by atoms with E-state index < -0.39 is 6.42 Å². The maximum Gasteiger partial charge on any atom is 0.209 e. The monoisotopic (exact) mass is 405 g/mol. The lowest BCUT2D eigenvalue weighted by molar-refractivity contribution is 0.0489. The Balaban J connectivity index is 1.86. The number of fused-ring (bicyclic) bond motifs is 1. The predicted octanol–water partition coefficient (Wildman–Crippen LogP) is 4.57. The third-order valence-electron chi connectivity index (χ3n) is 5.27. The van der Waals surface area contributed by atoms with Crippen molar-refractivity contribution in [1.29, 1.82) is 0 Å². The summed E-state index contributed by atoms with van der Waals surface area (Å²) >= 11 is 6.27. The molecule has 0 aromatic heterocycles. The summed E-state index contributed by atoms with van der Waals surface area (Å²) < 4.78 is 13.9. The summed E-state index contributed by atoms with van der Waals surface area (Å²) in [6.07, 6.45) is -0.508. The molecule has 4 rings (SSSR count). The maximum absolute atomic E-state index is 6.34. The third-order valence-corrected chi connectivity index (χ3v) is 9.11. The quantitative estimate of drug-likeness (QED) is 0.686. The van der Waals surface area contributed by atoms with Gasteiger partial charge >= 0.3 is 0 Å². The van der Waals surface area contributed by atoms with Crippen LogP contribution in [-0.4, -0.2) is 43.5 Å². The largest absolute Gasteiger partial charge is 0.378 e. The van der Waals surface area contributed by atoms with Crippen LogP contribution in [0.3, 0.4) is 0 Å². The van der Waals surface area contributed by atoms with Gasteiger partial charge in [0, 0.05) is 18.8 Å². The number of ether oxygens (including phenoxy) is 1. The van der Waals surface area contributed by atoms with Gasteiger partial charge in [0.05, 0.1) is 36.5 Å². The normalized spacial score (nSPS) is 27.6. The standard InChI is InChI=1S/C20H28N3O2PS/c1-4-25-26(27)19-17(21-23(26)16-8-6-5-7-9-16)14-20(2,3)15-18(19)22-10-12-24-13-11-22/h5-9H,4,10-15H2,1-3H3. The van der Waals surface area contributed by atoms with E-state index in [9.17, 15) is 0 Å². The van der Waals surface area contributed by atoms with Gasteiger partial charge in [0.15, 0.2) is 0 Å². The van der Waals surface area contributed by atoms with Crippen molar-refractivity contribution < 1.29 is 9.26 Å². The molecule has 27 heavy (non-hydrogen) atoms. The maximum atomic E-state index is 6.34. The molecule has 5 nitrogen and oxygen atoms in total. The van der Waals surface area contributed by atoms with Gasteiger partial charge in [0.1, 0.15) is 0 Å². The third kappa shape index (κ3) is 3.49. The number of hydrogen-bond acceptors (Lipinski definition) is 5. The number of hydrazone groups is 1. The summed E-state index contributed by atoms with van der Waals surface area (Å²) in [5, 5.41) is 6.25. The number of anilines is 1. The summed E-state index contributed by atoms with van der Waals surface area (Å²) in [5.41, 5.74) is 3.63. The molecule has 1 aromatic carbocycles.